The Kier molecular flexibility index (Phi) is 5.15. The fourth-order valence-corrected chi connectivity index (χ4v) is 2.23. The van der Waals surface area contributed by atoms with Crippen molar-refractivity contribution in [3.8, 4) is 0 Å². The van der Waals surface area contributed by atoms with E-state index in [1.165, 1.54) is 17.7 Å². The molecule has 0 aliphatic heterocycles. The number of hydrogen-bond acceptors (Lipinski definition) is 1. The molecule has 3 nitrogen and oxygen atoms in total. The van der Waals surface area contributed by atoms with Gasteiger partial charge in [0.15, 0.2) is 0 Å². The zero-order valence-electron chi connectivity index (χ0n) is 12.9. The molecule has 0 saturated heterocycles. The number of urea groups is 1. The summed E-state index contributed by atoms with van der Waals surface area (Å²) in [5.41, 5.74) is 1.47. The van der Waals surface area contributed by atoms with Crippen LogP contribution in [0.15, 0.2) is 54.6 Å². The molecule has 0 spiro atoms. The van der Waals surface area contributed by atoms with Gasteiger partial charge in [0.2, 0.25) is 0 Å². The molecule has 2 aromatic carbocycles. The van der Waals surface area contributed by atoms with E-state index >= 15 is 0 Å². The van der Waals surface area contributed by atoms with Gasteiger partial charge in [0, 0.05) is 6.54 Å². The summed E-state index contributed by atoms with van der Waals surface area (Å²) in [7, 11) is 0. The van der Waals surface area contributed by atoms with Crippen LogP contribution >= 0.6 is 0 Å². The molecule has 0 saturated carbocycles. The van der Waals surface area contributed by atoms with Crippen LogP contribution in [0.2, 0.25) is 0 Å². The molecule has 0 aromatic heterocycles. The minimum absolute atomic E-state index is 0.231. The highest BCUT2D eigenvalue weighted by atomic mass is 19.1. The maximum Gasteiger partial charge on any atom is 0.315 e. The van der Waals surface area contributed by atoms with Gasteiger partial charge in [-0.25, -0.2) is 9.18 Å². The van der Waals surface area contributed by atoms with E-state index in [1.54, 1.807) is 12.1 Å². The molecule has 4 heteroatoms. The lowest BCUT2D eigenvalue weighted by atomic mass is 9.94. The molecule has 0 aliphatic carbocycles. The van der Waals surface area contributed by atoms with E-state index in [-0.39, 0.29) is 11.8 Å². The van der Waals surface area contributed by atoms with Gasteiger partial charge >= 0.3 is 6.03 Å². The molecular weight excluding hydrogens is 279 g/mol. The largest absolute Gasteiger partial charge is 0.338 e. The first-order chi connectivity index (χ1) is 10.5. The van der Waals surface area contributed by atoms with Crippen LogP contribution in [0.3, 0.4) is 0 Å². The molecule has 2 N–H and O–H groups in total. The topological polar surface area (TPSA) is 41.1 Å². The Morgan fingerprint density at radius 1 is 1.05 bits per heavy atom. The fraction of sp³-hybridized carbons (Fsp3) is 0.278. The average Bonchev–Trinajstić information content (AvgIpc) is 2.48. The number of halogens is 1. The SMILES string of the molecule is CC(C)(NC(=O)NCCc1ccccc1)c1ccc(F)cc1. The Morgan fingerprint density at radius 2 is 1.68 bits per heavy atom. The molecular formula is C18H21FN2O. The number of hydrogen-bond donors (Lipinski definition) is 2. The van der Waals surface area contributed by atoms with Crippen molar-refractivity contribution in [2.24, 2.45) is 0 Å². The third-order valence-corrected chi connectivity index (χ3v) is 3.53. The third-order valence-electron chi connectivity index (χ3n) is 3.53. The van der Waals surface area contributed by atoms with Gasteiger partial charge in [-0.3, -0.25) is 0 Å². The van der Waals surface area contributed by atoms with Crippen LogP contribution in [-0.2, 0) is 12.0 Å². The fourth-order valence-electron chi connectivity index (χ4n) is 2.23. The summed E-state index contributed by atoms with van der Waals surface area (Å²) in [5, 5.41) is 5.75. The van der Waals surface area contributed by atoms with Crippen molar-refractivity contribution in [3.63, 3.8) is 0 Å². The number of nitrogens with one attached hydrogen (secondary N) is 2. The molecule has 0 unspecified atom stereocenters. The number of benzene rings is 2. The minimum Gasteiger partial charge on any atom is -0.338 e. The number of rotatable bonds is 5. The first kappa shape index (κ1) is 16.0. The highest BCUT2D eigenvalue weighted by Crippen LogP contribution is 2.19. The van der Waals surface area contributed by atoms with Gasteiger partial charge in [-0.05, 0) is 43.5 Å². The second-order valence-electron chi connectivity index (χ2n) is 5.75. The zero-order chi connectivity index (χ0) is 16.0. The van der Waals surface area contributed by atoms with Crippen LogP contribution in [0.1, 0.15) is 25.0 Å². The zero-order valence-corrected chi connectivity index (χ0v) is 12.9. The molecule has 0 aliphatic rings. The Balaban J connectivity index is 1.84. The first-order valence-corrected chi connectivity index (χ1v) is 7.33. The van der Waals surface area contributed by atoms with E-state index in [0.717, 1.165) is 12.0 Å². The molecule has 2 rings (SSSR count). The van der Waals surface area contributed by atoms with Crippen LogP contribution in [0.5, 0.6) is 0 Å². The third kappa shape index (κ3) is 4.58. The van der Waals surface area contributed by atoms with E-state index in [9.17, 15) is 9.18 Å². The molecule has 22 heavy (non-hydrogen) atoms. The highest BCUT2D eigenvalue weighted by Gasteiger charge is 2.22. The van der Waals surface area contributed by atoms with Gasteiger partial charge in [-0.15, -0.1) is 0 Å². The van der Waals surface area contributed by atoms with Crippen molar-refractivity contribution < 1.29 is 9.18 Å². The summed E-state index contributed by atoms with van der Waals surface area (Å²) >= 11 is 0. The van der Waals surface area contributed by atoms with Gasteiger partial charge in [0.05, 0.1) is 5.54 Å². The summed E-state index contributed by atoms with van der Waals surface area (Å²) in [4.78, 5) is 12.0. The summed E-state index contributed by atoms with van der Waals surface area (Å²) in [6.07, 6.45) is 0.783. The normalized spacial score (nSPS) is 11.0. The molecule has 2 amide bonds. The number of carbonyl (C=O) groups is 1. The maximum absolute atomic E-state index is 13.0. The van der Waals surface area contributed by atoms with Gasteiger partial charge in [-0.2, -0.15) is 0 Å². The summed E-state index contributed by atoms with van der Waals surface area (Å²) < 4.78 is 13.0. The van der Waals surface area contributed by atoms with Crippen LogP contribution < -0.4 is 10.6 Å². The quantitative estimate of drug-likeness (QED) is 0.870. The molecule has 116 valence electrons. The van der Waals surface area contributed by atoms with Crippen molar-refractivity contribution in [1.82, 2.24) is 10.6 Å². The number of amides is 2. The Bertz CT molecular complexity index is 609. The smallest absolute Gasteiger partial charge is 0.315 e. The highest BCUT2D eigenvalue weighted by molar-refractivity contribution is 5.75. The van der Waals surface area contributed by atoms with E-state index in [2.05, 4.69) is 10.6 Å². The standard InChI is InChI=1S/C18H21FN2O/c1-18(2,15-8-10-16(19)11-9-15)21-17(22)20-13-12-14-6-4-3-5-7-14/h3-11H,12-13H2,1-2H3,(H2,20,21,22). The Hall–Kier alpha value is -2.36. The van der Waals surface area contributed by atoms with E-state index in [4.69, 9.17) is 0 Å². The van der Waals surface area contributed by atoms with Crippen molar-refractivity contribution in [3.05, 3.63) is 71.5 Å². The van der Waals surface area contributed by atoms with Gasteiger partial charge in [0.25, 0.3) is 0 Å². The van der Waals surface area contributed by atoms with Crippen molar-refractivity contribution in [2.75, 3.05) is 6.54 Å². The van der Waals surface area contributed by atoms with E-state index in [0.29, 0.717) is 6.54 Å². The monoisotopic (exact) mass is 300 g/mol. The van der Waals surface area contributed by atoms with Crippen LogP contribution in [0.25, 0.3) is 0 Å². The number of carbonyl (C=O) groups excluding carboxylic acids is 1. The Morgan fingerprint density at radius 3 is 2.32 bits per heavy atom. The molecule has 0 fully saturated rings. The Labute approximate surface area is 130 Å². The van der Waals surface area contributed by atoms with E-state index < -0.39 is 5.54 Å². The summed E-state index contributed by atoms with van der Waals surface area (Å²) in [6, 6.07) is 15.9. The average molecular weight is 300 g/mol. The molecule has 0 radical (unpaired) electrons. The van der Waals surface area contributed by atoms with Gasteiger partial charge < -0.3 is 10.6 Å². The second kappa shape index (κ2) is 7.07. The molecule has 0 atom stereocenters. The molecule has 2 aromatic rings. The van der Waals surface area contributed by atoms with Crippen LogP contribution in [0, 0.1) is 5.82 Å². The maximum atomic E-state index is 13.0. The molecule has 0 bridgehead atoms. The lowest BCUT2D eigenvalue weighted by Gasteiger charge is -2.27. The first-order valence-electron chi connectivity index (χ1n) is 7.33. The molecule has 0 heterocycles. The predicted octanol–water partition coefficient (Wildman–Crippen LogP) is 3.60. The van der Waals surface area contributed by atoms with E-state index in [1.807, 2.05) is 44.2 Å². The predicted molar refractivity (Wildman–Crippen MR) is 86.1 cm³/mol. The minimum atomic E-state index is -0.565. The second-order valence-corrected chi connectivity index (χ2v) is 5.75. The summed E-state index contributed by atoms with van der Waals surface area (Å²) in [5.74, 6) is -0.285. The lowest BCUT2D eigenvalue weighted by Crippen LogP contribution is -2.46. The lowest BCUT2D eigenvalue weighted by molar-refractivity contribution is 0.230. The summed E-state index contributed by atoms with van der Waals surface area (Å²) in [6.45, 7) is 4.34. The van der Waals surface area contributed by atoms with Crippen molar-refractivity contribution in [2.45, 2.75) is 25.8 Å². The van der Waals surface area contributed by atoms with Gasteiger partial charge in [-0.1, -0.05) is 42.5 Å². The van der Waals surface area contributed by atoms with Crippen molar-refractivity contribution >= 4 is 6.03 Å². The van der Waals surface area contributed by atoms with Crippen LogP contribution in [0.4, 0.5) is 9.18 Å². The van der Waals surface area contributed by atoms with Crippen LogP contribution in [-0.4, -0.2) is 12.6 Å². The van der Waals surface area contributed by atoms with Crippen molar-refractivity contribution in [1.29, 1.82) is 0 Å². The van der Waals surface area contributed by atoms with Gasteiger partial charge in [0.1, 0.15) is 5.82 Å².